The minimum atomic E-state index is -0.346. The number of benzene rings is 2. The van der Waals surface area contributed by atoms with Crippen molar-refractivity contribution in [3.05, 3.63) is 89.6 Å². The third-order valence-corrected chi connectivity index (χ3v) is 5.99. The van der Waals surface area contributed by atoms with Gasteiger partial charge in [-0.05, 0) is 67.8 Å². The van der Waals surface area contributed by atoms with E-state index in [9.17, 15) is 9.18 Å². The van der Waals surface area contributed by atoms with Gasteiger partial charge in [0.25, 0.3) is 0 Å². The number of morpholine rings is 1. The summed E-state index contributed by atoms with van der Waals surface area (Å²) in [6.07, 6.45) is 9.52. The lowest BCUT2D eigenvalue weighted by Crippen LogP contribution is -2.50. The summed E-state index contributed by atoms with van der Waals surface area (Å²) in [7, 11) is 1.64. The van der Waals surface area contributed by atoms with E-state index in [-0.39, 0.29) is 11.7 Å². The molecule has 0 unspecified atom stereocenters. The Kier molecular flexibility index (Phi) is 8.28. The lowest BCUT2D eigenvalue weighted by Gasteiger charge is -2.41. The molecule has 8 heteroatoms. The molecule has 4 rings (SSSR count). The van der Waals surface area contributed by atoms with Crippen LogP contribution in [0.2, 0.25) is 0 Å². The SMILES string of the molecule is CCC=C1C(=Cc2ccc(-n3cnc(C)c3)c(OC)c2)OCCN1N(C(=O)CCC)c1ccc(F)cc1. The summed E-state index contributed by atoms with van der Waals surface area (Å²) >= 11 is 0. The second-order valence-corrected chi connectivity index (χ2v) is 8.76. The number of rotatable bonds is 8. The van der Waals surface area contributed by atoms with E-state index in [0.717, 1.165) is 29.1 Å². The van der Waals surface area contributed by atoms with E-state index < -0.39 is 0 Å². The zero-order valence-corrected chi connectivity index (χ0v) is 21.8. The monoisotopic (exact) mass is 504 g/mol. The van der Waals surface area contributed by atoms with Crippen molar-refractivity contribution in [3.8, 4) is 11.4 Å². The number of ether oxygens (including phenoxy) is 2. The first kappa shape index (κ1) is 26.0. The molecule has 0 radical (unpaired) electrons. The van der Waals surface area contributed by atoms with Crippen LogP contribution in [0.3, 0.4) is 0 Å². The van der Waals surface area contributed by atoms with Gasteiger partial charge in [-0.2, -0.15) is 0 Å². The summed E-state index contributed by atoms with van der Waals surface area (Å²) < 4.78 is 27.4. The standard InChI is InChI=1S/C29H33FN4O3/c1-5-7-26-28(18-22-9-14-25(27(17-22)36-4)32-19-21(3)31-20-32)37-16-15-33(26)34(29(35)8-6-2)24-12-10-23(30)11-13-24/h7,9-14,17-20H,5-6,8,15-16H2,1-4H3. The van der Waals surface area contributed by atoms with Crippen LogP contribution in [0.1, 0.15) is 44.4 Å². The Bertz CT molecular complexity index is 1300. The average Bonchev–Trinajstić information content (AvgIpc) is 3.33. The molecule has 2 aromatic carbocycles. The first-order valence-electron chi connectivity index (χ1n) is 12.5. The molecule has 0 saturated carbocycles. The highest BCUT2D eigenvalue weighted by atomic mass is 19.1. The predicted molar refractivity (Wildman–Crippen MR) is 143 cm³/mol. The molecule has 7 nitrogen and oxygen atoms in total. The van der Waals surface area contributed by atoms with Crippen molar-refractivity contribution in [1.29, 1.82) is 0 Å². The highest BCUT2D eigenvalue weighted by Crippen LogP contribution is 2.32. The van der Waals surface area contributed by atoms with Gasteiger partial charge in [-0.15, -0.1) is 0 Å². The summed E-state index contributed by atoms with van der Waals surface area (Å²) in [5.74, 6) is 0.949. The van der Waals surface area contributed by atoms with Gasteiger partial charge in [0, 0.05) is 12.6 Å². The summed E-state index contributed by atoms with van der Waals surface area (Å²) in [5.41, 5.74) is 4.10. The van der Waals surface area contributed by atoms with Gasteiger partial charge in [-0.3, -0.25) is 9.80 Å². The number of aryl methyl sites for hydroxylation is 1. The molecule has 2 heterocycles. The van der Waals surface area contributed by atoms with Gasteiger partial charge >= 0.3 is 0 Å². The maximum Gasteiger partial charge on any atom is 0.245 e. The molecule has 0 atom stereocenters. The second-order valence-electron chi connectivity index (χ2n) is 8.76. The molecule has 1 saturated heterocycles. The molecule has 1 aliphatic heterocycles. The number of hydrazine groups is 1. The predicted octanol–water partition coefficient (Wildman–Crippen LogP) is 6.04. The van der Waals surface area contributed by atoms with Crippen LogP contribution in [0.5, 0.6) is 5.75 Å². The fourth-order valence-corrected chi connectivity index (χ4v) is 4.31. The number of halogens is 1. The molecule has 194 valence electrons. The number of nitrogens with zero attached hydrogens (tertiary/aromatic N) is 4. The molecule has 37 heavy (non-hydrogen) atoms. The van der Waals surface area contributed by atoms with E-state index >= 15 is 0 Å². The zero-order valence-electron chi connectivity index (χ0n) is 21.8. The molecule has 0 spiro atoms. The van der Waals surface area contributed by atoms with Crippen LogP contribution in [0.4, 0.5) is 10.1 Å². The molecule has 0 bridgehead atoms. The smallest absolute Gasteiger partial charge is 0.245 e. The molecule has 0 N–H and O–H groups in total. The van der Waals surface area contributed by atoms with Gasteiger partial charge in [-0.25, -0.2) is 14.4 Å². The van der Waals surface area contributed by atoms with Crippen molar-refractivity contribution in [2.24, 2.45) is 0 Å². The highest BCUT2D eigenvalue weighted by Gasteiger charge is 2.30. The Labute approximate surface area is 217 Å². The summed E-state index contributed by atoms with van der Waals surface area (Å²) in [6.45, 7) is 6.83. The Hall–Kier alpha value is -4.07. The molecular weight excluding hydrogens is 471 g/mol. The maximum absolute atomic E-state index is 13.7. The van der Waals surface area contributed by atoms with Crippen molar-refractivity contribution in [2.75, 3.05) is 25.3 Å². The summed E-state index contributed by atoms with van der Waals surface area (Å²) in [5, 5.41) is 3.58. The normalized spacial score (nSPS) is 15.6. The first-order valence-corrected chi connectivity index (χ1v) is 12.5. The fraction of sp³-hybridized carbons (Fsp3) is 0.310. The van der Waals surface area contributed by atoms with Crippen molar-refractivity contribution in [3.63, 3.8) is 0 Å². The number of anilines is 1. The number of imidazole rings is 1. The number of allylic oxidation sites excluding steroid dienone is 1. The number of aromatic nitrogens is 2. The van der Waals surface area contributed by atoms with E-state index in [4.69, 9.17) is 9.47 Å². The molecule has 1 aliphatic rings. The van der Waals surface area contributed by atoms with Crippen molar-refractivity contribution in [2.45, 2.75) is 40.0 Å². The van der Waals surface area contributed by atoms with Crippen LogP contribution in [-0.2, 0) is 9.53 Å². The van der Waals surface area contributed by atoms with Crippen LogP contribution < -0.4 is 9.75 Å². The highest BCUT2D eigenvalue weighted by molar-refractivity contribution is 5.92. The van der Waals surface area contributed by atoms with Crippen molar-refractivity contribution < 1.29 is 18.7 Å². The molecule has 3 aromatic rings. The minimum absolute atomic E-state index is 0.0565. The molecule has 0 aliphatic carbocycles. The van der Waals surface area contributed by atoms with Gasteiger partial charge in [0.05, 0.1) is 42.7 Å². The van der Waals surface area contributed by atoms with E-state index in [2.05, 4.69) is 4.98 Å². The number of hydrogen-bond donors (Lipinski definition) is 0. The molecular formula is C29H33FN4O3. The van der Waals surface area contributed by atoms with Crippen LogP contribution >= 0.6 is 0 Å². The van der Waals surface area contributed by atoms with E-state index in [1.54, 1.807) is 30.6 Å². The Morgan fingerprint density at radius 2 is 2.00 bits per heavy atom. The number of carbonyl (C=O) groups is 1. The Balaban J connectivity index is 1.72. The number of carbonyl (C=O) groups excluding carboxylic acids is 1. The summed E-state index contributed by atoms with van der Waals surface area (Å²) in [4.78, 5) is 17.6. The summed E-state index contributed by atoms with van der Waals surface area (Å²) in [6, 6.07) is 11.9. The van der Waals surface area contributed by atoms with Crippen molar-refractivity contribution >= 4 is 17.7 Å². The number of amides is 1. The van der Waals surface area contributed by atoms with Gasteiger partial charge in [0.15, 0.2) is 0 Å². The lowest BCUT2D eigenvalue weighted by molar-refractivity contribution is -0.121. The average molecular weight is 505 g/mol. The van der Waals surface area contributed by atoms with E-state index in [1.165, 1.54) is 12.1 Å². The molecule has 1 fully saturated rings. The lowest BCUT2D eigenvalue weighted by atomic mass is 10.1. The number of methoxy groups -OCH3 is 1. The van der Waals surface area contributed by atoms with E-state index in [1.807, 2.05) is 66.9 Å². The van der Waals surface area contributed by atoms with Crippen LogP contribution in [-0.4, -0.2) is 40.7 Å². The largest absolute Gasteiger partial charge is 0.495 e. The Morgan fingerprint density at radius 3 is 2.65 bits per heavy atom. The van der Waals surface area contributed by atoms with Gasteiger partial charge < -0.3 is 14.0 Å². The second kappa shape index (κ2) is 11.8. The molecule has 1 aromatic heterocycles. The van der Waals surface area contributed by atoms with E-state index in [0.29, 0.717) is 43.2 Å². The minimum Gasteiger partial charge on any atom is -0.495 e. The fourth-order valence-electron chi connectivity index (χ4n) is 4.31. The Morgan fingerprint density at radius 1 is 1.22 bits per heavy atom. The third-order valence-electron chi connectivity index (χ3n) is 5.99. The van der Waals surface area contributed by atoms with Crippen molar-refractivity contribution in [1.82, 2.24) is 14.6 Å². The number of hydrogen-bond acceptors (Lipinski definition) is 5. The quantitative estimate of drug-likeness (QED) is 0.374. The van der Waals surface area contributed by atoms with Gasteiger partial charge in [0.2, 0.25) is 5.91 Å². The first-order chi connectivity index (χ1) is 17.9. The zero-order chi connectivity index (χ0) is 26.4. The third kappa shape index (κ3) is 5.85. The van der Waals surface area contributed by atoms with Crippen LogP contribution in [0, 0.1) is 12.7 Å². The van der Waals surface area contributed by atoms with Gasteiger partial charge in [-0.1, -0.05) is 26.0 Å². The van der Waals surface area contributed by atoms with Gasteiger partial charge in [0.1, 0.15) is 23.9 Å². The maximum atomic E-state index is 13.7. The van der Waals surface area contributed by atoms with Crippen LogP contribution in [0.15, 0.2) is 72.5 Å². The van der Waals surface area contributed by atoms with Crippen LogP contribution in [0.25, 0.3) is 11.8 Å². The topological polar surface area (TPSA) is 59.8 Å². The molecule has 1 amide bonds.